The molecule has 0 spiro atoms. The lowest BCUT2D eigenvalue weighted by atomic mass is 10.2. The van der Waals surface area contributed by atoms with Gasteiger partial charge in [0.1, 0.15) is 18.3 Å². The summed E-state index contributed by atoms with van der Waals surface area (Å²) in [6, 6.07) is 0. The Morgan fingerprint density at radius 3 is 2.25 bits per heavy atom. The van der Waals surface area contributed by atoms with Gasteiger partial charge in [0.15, 0.2) is 19.7 Å². The minimum atomic E-state index is -1.79. The van der Waals surface area contributed by atoms with E-state index in [0.717, 1.165) is 0 Å². The van der Waals surface area contributed by atoms with Crippen LogP contribution in [0.25, 0.3) is 0 Å². The molecule has 0 radical (unpaired) electrons. The third-order valence-corrected chi connectivity index (χ3v) is 9.36. The molecule has 2 saturated heterocycles. The molecule has 2 heterocycles. The molecule has 4 atom stereocenters. The predicted octanol–water partition coefficient (Wildman–Crippen LogP) is 3.49. The summed E-state index contributed by atoms with van der Waals surface area (Å²) in [5, 5.41) is 0.178. The average molecular weight is 323 g/mol. The largest absolute Gasteiger partial charge is 0.414 e. The van der Waals surface area contributed by atoms with Crippen molar-refractivity contribution in [1.29, 1.82) is 0 Å². The number of ether oxygens (including phenoxy) is 3. The van der Waals surface area contributed by atoms with Gasteiger partial charge in [-0.15, -0.1) is 0 Å². The Labute approximate surface area is 128 Å². The van der Waals surface area contributed by atoms with Crippen molar-refractivity contribution < 1.29 is 18.6 Å². The number of hydrogen-bond acceptors (Lipinski definition) is 4. The Morgan fingerprint density at radius 2 is 1.70 bits per heavy atom. The van der Waals surface area contributed by atoms with Crippen LogP contribution in [-0.2, 0) is 18.6 Å². The first-order chi connectivity index (χ1) is 8.93. The molecule has 2 aliphatic rings. The highest BCUT2D eigenvalue weighted by Gasteiger charge is 2.55. The molecule has 6 heteroatoms. The van der Waals surface area contributed by atoms with E-state index < -0.39 is 19.7 Å². The van der Waals surface area contributed by atoms with Gasteiger partial charge >= 0.3 is 0 Å². The standard InChI is InChI=1S/C14H27ClO4Si/c1-13(2,3)20(6,7)16-8-9-10-11(12(15)17-9)19-14(4,5)18-10/h9-12H,8H2,1-7H3/t9-,10+,11-,12+/m1/s1. The molecule has 0 aromatic rings. The fourth-order valence-electron chi connectivity index (χ4n) is 2.27. The van der Waals surface area contributed by atoms with Crippen LogP contribution in [0.4, 0.5) is 0 Å². The summed E-state index contributed by atoms with van der Waals surface area (Å²) < 4.78 is 23.7. The van der Waals surface area contributed by atoms with Crippen molar-refractivity contribution in [2.75, 3.05) is 6.61 Å². The normalized spacial score (nSPS) is 37.2. The van der Waals surface area contributed by atoms with Crippen molar-refractivity contribution >= 4 is 19.9 Å². The molecule has 0 bridgehead atoms. The number of halogens is 1. The van der Waals surface area contributed by atoms with E-state index in [9.17, 15) is 0 Å². The fourth-order valence-corrected chi connectivity index (χ4v) is 3.61. The van der Waals surface area contributed by atoms with Crippen molar-refractivity contribution in [2.24, 2.45) is 0 Å². The van der Waals surface area contributed by atoms with E-state index in [1.165, 1.54) is 0 Å². The molecular formula is C14H27ClO4Si. The van der Waals surface area contributed by atoms with Crippen molar-refractivity contribution in [3.63, 3.8) is 0 Å². The molecule has 4 nitrogen and oxygen atoms in total. The summed E-state index contributed by atoms with van der Waals surface area (Å²) in [5.74, 6) is -0.596. The Balaban J connectivity index is 1.98. The van der Waals surface area contributed by atoms with E-state index in [1.807, 2.05) is 13.8 Å². The zero-order valence-electron chi connectivity index (χ0n) is 13.5. The van der Waals surface area contributed by atoms with Gasteiger partial charge < -0.3 is 18.6 Å². The maximum absolute atomic E-state index is 6.22. The number of rotatable bonds is 3. The molecule has 0 aromatic heterocycles. The van der Waals surface area contributed by atoms with E-state index in [1.54, 1.807) is 0 Å². The van der Waals surface area contributed by atoms with Gasteiger partial charge in [-0.3, -0.25) is 0 Å². The summed E-state index contributed by atoms with van der Waals surface area (Å²) in [6.07, 6.45) is -0.504. The van der Waals surface area contributed by atoms with Gasteiger partial charge in [0.05, 0.1) is 6.61 Å². The SMILES string of the molecule is CC1(C)O[C@@H]2[C@@H](O1)[C@@H](CO[Si](C)(C)C(C)(C)C)O[C@@H]2Cl. The molecular weight excluding hydrogens is 296 g/mol. The second-order valence-electron chi connectivity index (χ2n) is 7.66. The zero-order chi connectivity index (χ0) is 15.3. The van der Waals surface area contributed by atoms with Crippen molar-refractivity contribution in [1.82, 2.24) is 0 Å². The van der Waals surface area contributed by atoms with Crippen LogP contribution in [-0.4, -0.2) is 44.6 Å². The van der Waals surface area contributed by atoms with Crippen LogP contribution < -0.4 is 0 Å². The van der Waals surface area contributed by atoms with Crippen LogP contribution in [0.1, 0.15) is 34.6 Å². The Morgan fingerprint density at radius 1 is 1.15 bits per heavy atom. The molecule has 2 aliphatic heterocycles. The quantitative estimate of drug-likeness (QED) is 0.588. The van der Waals surface area contributed by atoms with Crippen molar-refractivity contribution in [2.45, 2.75) is 82.4 Å². The zero-order valence-corrected chi connectivity index (χ0v) is 15.3. The first-order valence-corrected chi connectivity index (χ1v) is 10.6. The van der Waals surface area contributed by atoms with Gasteiger partial charge in [0, 0.05) is 0 Å². The third kappa shape index (κ3) is 3.23. The van der Waals surface area contributed by atoms with E-state index in [-0.39, 0.29) is 23.4 Å². The summed E-state index contributed by atoms with van der Waals surface area (Å²) in [4.78, 5) is 0. The maximum atomic E-state index is 6.22. The van der Waals surface area contributed by atoms with Crippen molar-refractivity contribution in [3.8, 4) is 0 Å². The van der Waals surface area contributed by atoms with E-state index in [2.05, 4.69) is 33.9 Å². The lowest BCUT2D eigenvalue weighted by Gasteiger charge is -2.37. The molecule has 0 aromatic carbocycles. The number of fused-ring (bicyclic) bond motifs is 1. The number of hydrogen-bond donors (Lipinski definition) is 0. The molecule has 0 aliphatic carbocycles. The van der Waals surface area contributed by atoms with E-state index in [0.29, 0.717) is 6.61 Å². The van der Waals surface area contributed by atoms with Gasteiger partial charge in [-0.1, -0.05) is 32.4 Å². The Hall–Kier alpha value is 0.347. The summed E-state index contributed by atoms with van der Waals surface area (Å²) in [6.45, 7) is 15.4. The Kier molecular flexibility index (Phi) is 4.36. The lowest BCUT2D eigenvalue weighted by molar-refractivity contribution is -0.181. The first-order valence-electron chi connectivity index (χ1n) is 7.22. The third-order valence-electron chi connectivity index (χ3n) is 4.51. The topological polar surface area (TPSA) is 36.9 Å². The predicted molar refractivity (Wildman–Crippen MR) is 81.5 cm³/mol. The average Bonchev–Trinajstić information content (AvgIpc) is 2.70. The van der Waals surface area contributed by atoms with Gasteiger partial charge in [0.2, 0.25) is 0 Å². The monoisotopic (exact) mass is 322 g/mol. The lowest BCUT2D eigenvalue weighted by Crippen LogP contribution is -2.44. The van der Waals surface area contributed by atoms with E-state index >= 15 is 0 Å². The van der Waals surface area contributed by atoms with Crippen LogP contribution >= 0.6 is 11.6 Å². The summed E-state index contributed by atoms with van der Waals surface area (Å²) in [7, 11) is -1.79. The molecule has 20 heavy (non-hydrogen) atoms. The molecule has 118 valence electrons. The van der Waals surface area contributed by atoms with Crippen molar-refractivity contribution in [3.05, 3.63) is 0 Å². The summed E-state index contributed by atoms with van der Waals surface area (Å²) >= 11 is 6.20. The smallest absolute Gasteiger partial charge is 0.192 e. The minimum Gasteiger partial charge on any atom is -0.414 e. The molecule has 0 N–H and O–H groups in total. The van der Waals surface area contributed by atoms with E-state index in [4.69, 9.17) is 30.2 Å². The number of alkyl halides is 1. The van der Waals surface area contributed by atoms with Gasteiger partial charge in [0.25, 0.3) is 0 Å². The molecule has 2 rings (SSSR count). The molecule has 0 saturated carbocycles. The molecule has 0 amide bonds. The van der Waals surface area contributed by atoms with Gasteiger partial charge in [-0.05, 0) is 32.0 Å². The second kappa shape index (κ2) is 5.21. The van der Waals surface area contributed by atoms with Gasteiger partial charge in [-0.25, -0.2) is 0 Å². The molecule has 2 fully saturated rings. The van der Waals surface area contributed by atoms with Crippen LogP contribution in [0.2, 0.25) is 18.1 Å². The van der Waals surface area contributed by atoms with Gasteiger partial charge in [-0.2, -0.15) is 0 Å². The van der Waals surface area contributed by atoms with Crippen LogP contribution in [0, 0.1) is 0 Å². The highest BCUT2D eigenvalue weighted by molar-refractivity contribution is 6.74. The Bertz CT molecular complexity index is 367. The maximum Gasteiger partial charge on any atom is 0.192 e. The highest BCUT2D eigenvalue weighted by Crippen LogP contribution is 2.41. The highest BCUT2D eigenvalue weighted by atomic mass is 35.5. The second-order valence-corrected chi connectivity index (χ2v) is 12.9. The summed E-state index contributed by atoms with van der Waals surface area (Å²) in [5.41, 5.74) is -0.463. The minimum absolute atomic E-state index is 0.141. The van der Waals surface area contributed by atoms with Crippen LogP contribution in [0.15, 0.2) is 0 Å². The van der Waals surface area contributed by atoms with Crippen LogP contribution in [0.3, 0.4) is 0 Å². The van der Waals surface area contributed by atoms with Crippen LogP contribution in [0.5, 0.6) is 0 Å². The molecule has 0 unspecified atom stereocenters. The first kappa shape index (κ1) is 16.7. The fraction of sp³-hybridized carbons (Fsp3) is 1.00.